The Morgan fingerprint density at radius 3 is 2.54 bits per heavy atom. The van der Waals surface area contributed by atoms with E-state index < -0.39 is 0 Å². The van der Waals surface area contributed by atoms with Gasteiger partial charge in [0.2, 0.25) is 11.8 Å². The molecule has 2 aromatic carbocycles. The van der Waals surface area contributed by atoms with Crippen LogP contribution >= 0.6 is 11.3 Å². The maximum atomic E-state index is 12.3. The summed E-state index contributed by atoms with van der Waals surface area (Å²) in [5.41, 5.74) is 1.91. The number of aromatic nitrogens is 1. The maximum Gasteiger partial charge on any atom is 0.222 e. The summed E-state index contributed by atoms with van der Waals surface area (Å²) in [5.74, 6) is -0.241. The van der Waals surface area contributed by atoms with Crippen LogP contribution in [-0.4, -0.2) is 23.3 Å². The molecule has 0 saturated carbocycles. The third kappa shape index (κ3) is 4.89. The average Bonchev–Trinajstić information content (AvgIpc) is 3.04. The lowest BCUT2D eigenvalue weighted by Crippen LogP contribution is -2.33. The van der Waals surface area contributed by atoms with Crippen LogP contribution in [-0.2, 0) is 16.0 Å². The molecule has 6 heteroatoms. The van der Waals surface area contributed by atoms with E-state index in [1.165, 1.54) is 6.92 Å². The summed E-state index contributed by atoms with van der Waals surface area (Å²) in [7, 11) is 0. The molecule has 26 heavy (non-hydrogen) atoms. The van der Waals surface area contributed by atoms with Crippen molar-refractivity contribution < 1.29 is 9.59 Å². The van der Waals surface area contributed by atoms with Crippen molar-refractivity contribution in [3.8, 4) is 0 Å². The number of rotatable bonds is 7. The first-order valence-electron chi connectivity index (χ1n) is 8.55. The molecule has 2 N–H and O–H groups in total. The predicted molar refractivity (Wildman–Crippen MR) is 104 cm³/mol. The van der Waals surface area contributed by atoms with Crippen molar-refractivity contribution in [2.75, 3.05) is 6.54 Å². The Balaban J connectivity index is 1.54. The van der Waals surface area contributed by atoms with Gasteiger partial charge in [0.15, 0.2) is 0 Å². The van der Waals surface area contributed by atoms with Crippen LogP contribution in [0.5, 0.6) is 0 Å². The van der Waals surface area contributed by atoms with Crippen molar-refractivity contribution in [2.45, 2.75) is 25.8 Å². The molecule has 0 aliphatic carbocycles. The summed E-state index contributed by atoms with van der Waals surface area (Å²) in [4.78, 5) is 28.3. The monoisotopic (exact) mass is 367 g/mol. The van der Waals surface area contributed by atoms with Gasteiger partial charge in [-0.1, -0.05) is 42.5 Å². The summed E-state index contributed by atoms with van der Waals surface area (Å²) in [6, 6.07) is 17.2. The van der Waals surface area contributed by atoms with Crippen molar-refractivity contribution in [2.24, 2.45) is 0 Å². The maximum absolute atomic E-state index is 12.3. The Kier molecular flexibility index (Phi) is 5.96. The van der Waals surface area contributed by atoms with E-state index in [9.17, 15) is 9.59 Å². The van der Waals surface area contributed by atoms with Crippen LogP contribution in [0, 0.1) is 0 Å². The van der Waals surface area contributed by atoms with Gasteiger partial charge in [0.05, 0.1) is 27.7 Å². The highest BCUT2D eigenvalue weighted by atomic mass is 32.1. The van der Waals surface area contributed by atoms with Crippen LogP contribution < -0.4 is 10.6 Å². The largest absolute Gasteiger partial charge is 0.356 e. The van der Waals surface area contributed by atoms with E-state index in [2.05, 4.69) is 15.6 Å². The number of nitrogens with one attached hydrogen (secondary N) is 2. The molecule has 0 bridgehead atoms. The van der Waals surface area contributed by atoms with Gasteiger partial charge in [-0.05, 0) is 17.7 Å². The molecule has 0 radical (unpaired) electrons. The highest BCUT2D eigenvalue weighted by Crippen LogP contribution is 2.21. The average molecular weight is 367 g/mol. The molecular weight excluding hydrogens is 346 g/mol. The summed E-state index contributed by atoms with van der Waals surface area (Å²) in [6.07, 6.45) is 0.907. The smallest absolute Gasteiger partial charge is 0.222 e. The fourth-order valence-electron chi connectivity index (χ4n) is 2.78. The summed E-state index contributed by atoms with van der Waals surface area (Å²) >= 11 is 1.65. The molecule has 0 aliphatic rings. The number of hydrogen-bond acceptors (Lipinski definition) is 4. The van der Waals surface area contributed by atoms with Crippen molar-refractivity contribution in [1.29, 1.82) is 0 Å². The molecule has 1 heterocycles. The molecule has 5 nitrogen and oxygen atoms in total. The predicted octanol–water partition coefficient (Wildman–Crippen LogP) is 3.22. The highest BCUT2D eigenvalue weighted by molar-refractivity contribution is 7.18. The SMILES string of the molecule is CC(=O)NC(CC(=O)NCCc1nc2ccccc2s1)c1ccccc1. The molecular formula is C20H21N3O2S. The lowest BCUT2D eigenvalue weighted by molar-refractivity contribution is -0.122. The summed E-state index contributed by atoms with van der Waals surface area (Å²) in [5, 5.41) is 6.78. The van der Waals surface area contributed by atoms with Gasteiger partial charge in [-0.15, -0.1) is 11.3 Å². The fourth-order valence-corrected chi connectivity index (χ4v) is 3.74. The van der Waals surface area contributed by atoms with Crippen LogP contribution in [0.25, 0.3) is 10.2 Å². The molecule has 3 rings (SSSR count). The minimum absolute atomic E-state index is 0.0892. The van der Waals surface area contributed by atoms with Gasteiger partial charge in [0, 0.05) is 19.9 Å². The zero-order valence-electron chi connectivity index (χ0n) is 14.6. The molecule has 0 fully saturated rings. The number of nitrogens with zero attached hydrogens (tertiary/aromatic N) is 1. The van der Waals surface area contributed by atoms with Gasteiger partial charge in [-0.25, -0.2) is 4.98 Å². The van der Waals surface area contributed by atoms with E-state index in [1.807, 2.05) is 54.6 Å². The molecule has 1 atom stereocenters. The minimum atomic E-state index is -0.323. The van der Waals surface area contributed by atoms with Crippen LogP contribution in [0.1, 0.15) is 30.0 Å². The Bertz CT molecular complexity index is 859. The van der Waals surface area contributed by atoms with Gasteiger partial charge in [0.1, 0.15) is 0 Å². The first-order valence-corrected chi connectivity index (χ1v) is 9.36. The number of thiazole rings is 1. The fraction of sp³-hybridized carbons (Fsp3) is 0.250. The number of carbonyl (C=O) groups is 2. The van der Waals surface area contributed by atoms with Crippen LogP contribution in [0.2, 0.25) is 0 Å². The van der Waals surface area contributed by atoms with Crippen molar-refractivity contribution in [3.05, 3.63) is 65.2 Å². The van der Waals surface area contributed by atoms with Gasteiger partial charge >= 0.3 is 0 Å². The van der Waals surface area contributed by atoms with E-state index in [4.69, 9.17) is 0 Å². The first kappa shape index (κ1) is 18.1. The second-order valence-electron chi connectivity index (χ2n) is 6.04. The molecule has 0 saturated heterocycles. The van der Waals surface area contributed by atoms with E-state index in [1.54, 1.807) is 11.3 Å². The van der Waals surface area contributed by atoms with Gasteiger partial charge in [0.25, 0.3) is 0 Å². The van der Waals surface area contributed by atoms with E-state index in [0.29, 0.717) is 13.0 Å². The number of hydrogen-bond donors (Lipinski definition) is 2. The Morgan fingerprint density at radius 2 is 1.81 bits per heavy atom. The number of fused-ring (bicyclic) bond motifs is 1. The second-order valence-corrected chi connectivity index (χ2v) is 7.16. The summed E-state index contributed by atoms with van der Waals surface area (Å²) < 4.78 is 1.16. The lowest BCUT2D eigenvalue weighted by atomic mass is 10.0. The minimum Gasteiger partial charge on any atom is -0.356 e. The second kappa shape index (κ2) is 8.58. The first-order chi connectivity index (χ1) is 12.6. The molecule has 1 aromatic heterocycles. The van der Waals surface area contributed by atoms with Crippen LogP contribution in [0.3, 0.4) is 0 Å². The molecule has 1 unspecified atom stereocenters. The van der Waals surface area contributed by atoms with Gasteiger partial charge < -0.3 is 10.6 Å². The Labute approximate surface area is 156 Å². The van der Waals surface area contributed by atoms with Crippen LogP contribution in [0.4, 0.5) is 0 Å². The lowest BCUT2D eigenvalue weighted by Gasteiger charge is -2.18. The Morgan fingerprint density at radius 1 is 1.08 bits per heavy atom. The van der Waals surface area contributed by atoms with Gasteiger partial charge in [-0.3, -0.25) is 9.59 Å². The molecule has 3 aromatic rings. The highest BCUT2D eigenvalue weighted by Gasteiger charge is 2.16. The zero-order chi connectivity index (χ0) is 18.4. The standard InChI is InChI=1S/C20H21N3O2S/c1-14(24)22-17(15-7-3-2-4-8-15)13-19(25)21-12-11-20-23-16-9-5-6-10-18(16)26-20/h2-10,17H,11-13H2,1H3,(H,21,25)(H,22,24). The van der Waals surface area contributed by atoms with E-state index in [0.717, 1.165) is 20.8 Å². The molecule has 134 valence electrons. The normalized spacial score (nSPS) is 11.9. The molecule has 0 spiro atoms. The van der Waals surface area contributed by atoms with Crippen molar-refractivity contribution in [1.82, 2.24) is 15.6 Å². The number of carbonyl (C=O) groups excluding carboxylic acids is 2. The van der Waals surface area contributed by atoms with Crippen molar-refractivity contribution >= 4 is 33.4 Å². The Hall–Kier alpha value is -2.73. The van der Waals surface area contributed by atoms with E-state index in [-0.39, 0.29) is 24.3 Å². The quantitative estimate of drug-likeness (QED) is 0.673. The number of benzene rings is 2. The van der Waals surface area contributed by atoms with E-state index >= 15 is 0 Å². The molecule has 0 aliphatic heterocycles. The zero-order valence-corrected chi connectivity index (χ0v) is 15.4. The number of para-hydroxylation sites is 1. The van der Waals surface area contributed by atoms with Crippen LogP contribution in [0.15, 0.2) is 54.6 Å². The molecule has 2 amide bonds. The third-order valence-electron chi connectivity index (χ3n) is 3.97. The third-order valence-corrected chi connectivity index (χ3v) is 5.06. The number of amides is 2. The topological polar surface area (TPSA) is 71.1 Å². The van der Waals surface area contributed by atoms with Gasteiger partial charge in [-0.2, -0.15) is 0 Å². The summed E-state index contributed by atoms with van der Waals surface area (Å²) in [6.45, 7) is 1.99. The van der Waals surface area contributed by atoms with Crippen molar-refractivity contribution in [3.63, 3.8) is 0 Å².